The summed E-state index contributed by atoms with van der Waals surface area (Å²) in [6.45, 7) is 1.84. The minimum Gasteiger partial charge on any atom is -1.00 e. The van der Waals surface area contributed by atoms with Crippen LogP contribution in [0.25, 0.3) is 0 Å². The maximum atomic E-state index is 6.13. The predicted molar refractivity (Wildman–Crippen MR) is 104 cm³/mol. The van der Waals surface area contributed by atoms with Crippen molar-refractivity contribution in [3.63, 3.8) is 0 Å². The van der Waals surface area contributed by atoms with Gasteiger partial charge < -0.3 is 38.2 Å². The molecule has 0 aliphatic carbocycles. The fourth-order valence-electron chi connectivity index (χ4n) is 2.35. The number of hydrogen-bond donors (Lipinski definition) is 3. The molecule has 0 saturated heterocycles. The summed E-state index contributed by atoms with van der Waals surface area (Å²) in [4.78, 5) is 8.89. The van der Waals surface area contributed by atoms with Crippen LogP contribution in [0.1, 0.15) is 5.69 Å². The first-order valence-corrected chi connectivity index (χ1v) is 8.05. The van der Waals surface area contributed by atoms with Crippen LogP contribution in [0.4, 0.5) is 28.8 Å². The third-order valence-electron chi connectivity index (χ3n) is 3.84. The van der Waals surface area contributed by atoms with Crippen LogP contribution in [0.15, 0.2) is 48.5 Å². The molecule has 0 amide bonds. The fourth-order valence-corrected chi connectivity index (χ4v) is 2.35. The van der Waals surface area contributed by atoms with Crippen LogP contribution < -0.4 is 38.2 Å². The SMILES string of the molecule is COc1ccc(Nc2nc(C)c(N)c(Nc3ccc(OC)cc3)n2)cc1.[Cl-]. The molecule has 0 unspecified atom stereocenters. The lowest BCUT2D eigenvalue weighted by molar-refractivity contribution is -0.00000614. The zero-order valence-corrected chi connectivity index (χ0v) is 16.0. The summed E-state index contributed by atoms with van der Waals surface area (Å²) in [5.74, 6) is 2.56. The van der Waals surface area contributed by atoms with Gasteiger partial charge in [0.05, 0.1) is 25.6 Å². The number of benzene rings is 2. The molecule has 0 spiro atoms. The van der Waals surface area contributed by atoms with Crippen molar-refractivity contribution in [2.45, 2.75) is 6.92 Å². The molecular weight excluding hydrogens is 366 g/mol. The number of aromatic nitrogens is 2. The molecule has 2 aromatic carbocycles. The molecule has 0 radical (unpaired) electrons. The summed E-state index contributed by atoms with van der Waals surface area (Å²) < 4.78 is 10.3. The molecule has 4 N–H and O–H groups in total. The molecule has 3 rings (SSSR count). The normalized spacial score (nSPS) is 9.89. The Morgan fingerprint density at radius 3 is 1.74 bits per heavy atom. The van der Waals surface area contributed by atoms with Gasteiger partial charge in [-0.1, -0.05) is 0 Å². The number of ether oxygens (including phenoxy) is 2. The smallest absolute Gasteiger partial charge is 0.229 e. The molecule has 3 aromatic rings. The minimum absolute atomic E-state index is 0. The summed E-state index contributed by atoms with van der Waals surface area (Å²) in [5.41, 5.74) is 9.02. The average molecular weight is 387 g/mol. The van der Waals surface area contributed by atoms with E-state index in [1.807, 2.05) is 55.5 Å². The van der Waals surface area contributed by atoms with E-state index in [4.69, 9.17) is 15.2 Å². The second-order valence-corrected chi connectivity index (χ2v) is 5.60. The molecule has 0 aliphatic rings. The lowest BCUT2D eigenvalue weighted by Crippen LogP contribution is -3.00. The van der Waals surface area contributed by atoms with Gasteiger partial charge in [0.15, 0.2) is 5.82 Å². The second kappa shape index (κ2) is 8.95. The van der Waals surface area contributed by atoms with Gasteiger partial charge in [-0.3, -0.25) is 0 Å². The third-order valence-corrected chi connectivity index (χ3v) is 3.84. The molecule has 0 atom stereocenters. The third kappa shape index (κ3) is 4.92. The van der Waals surface area contributed by atoms with Gasteiger partial charge in [0.1, 0.15) is 11.5 Å². The highest BCUT2D eigenvalue weighted by molar-refractivity contribution is 5.72. The van der Waals surface area contributed by atoms with Gasteiger partial charge in [-0.25, -0.2) is 4.98 Å². The van der Waals surface area contributed by atoms with Crippen molar-refractivity contribution in [3.8, 4) is 11.5 Å². The fraction of sp³-hybridized carbons (Fsp3) is 0.158. The Morgan fingerprint density at radius 2 is 1.26 bits per heavy atom. The maximum Gasteiger partial charge on any atom is 0.229 e. The quantitative estimate of drug-likeness (QED) is 0.578. The summed E-state index contributed by atoms with van der Waals surface area (Å²) >= 11 is 0. The predicted octanol–water partition coefficient (Wildman–Crippen LogP) is 0.876. The van der Waals surface area contributed by atoms with Crippen molar-refractivity contribution >= 4 is 28.8 Å². The first-order valence-electron chi connectivity index (χ1n) is 8.05. The van der Waals surface area contributed by atoms with Crippen LogP contribution >= 0.6 is 0 Å². The Kier molecular flexibility index (Phi) is 6.67. The summed E-state index contributed by atoms with van der Waals surface area (Å²) in [7, 11) is 3.26. The van der Waals surface area contributed by atoms with Crippen LogP contribution in [0, 0.1) is 6.92 Å². The zero-order valence-electron chi connectivity index (χ0n) is 15.3. The van der Waals surface area contributed by atoms with Gasteiger partial charge in [-0.15, -0.1) is 0 Å². The van der Waals surface area contributed by atoms with E-state index in [0.717, 1.165) is 22.9 Å². The van der Waals surface area contributed by atoms with Crippen molar-refractivity contribution in [1.29, 1.82) is 0 Å². The standard InChI is InChI=1S/C19H21N5O2.ClH/c1-12-17(20)18(22-13-4-8-15(25-2)9-5-13)24-19(21-12)23-14-6-10-16(26-3)11-7-14;/h4-11H,20H2,1-3H3,(H2,21,22,23,24);1H/p-1. The van der Waals surface area contributed by atoms with E-state index in [1.54, 1.807) is 14.2 Å². The second-order valence-electron chi connectivity index (χ2n) is 5.60. The Balaban J connectivity index is 0.00000261. The Bertz CT molecular complexity index is 886. The molecular formula is C19H21ClN5O2-. The van der Waals surface area contributed by atoms with Gasteiger partial charge in [-0.05, 0) is 55.5 Å². The van der Waals surface area contributed by atoms with Crippen LogP contribution in [-0.2, 0) is 0 Å². The molecule has 1 heterocycles. The average Bonchev–Trinajstić information content (AvgIpc) is 2.67. The number of rotatable bonds is 6. The summed E-state index contributed by atoms with van der Waals surface area (Å²) in [6, 6.07) is 15.0. The highest BCUT2D eigenvalue weighted by Crippen LogP contribution is 2.27. The van der Waals surface area contributed by atoms with Gasteiger partial charge in [0.2, 0.25) is 5.95 Å². The van der Waals surface area contributed by atoms with E-state index in [0.29, 0.717) is 23.1 Å². The van der Waals surface area contributed by atoms with E-state index in [-0.39, 0.29) is 12.4 Å². The Morgan fingerprint density at radius 1 is 0.778 bits per heavy atom. The lowest BCUT2D eigenvalue weighted by atomic mass is 10.3. The number of nitrogen functional groups attached to an aromatic ring is 1. The first kappa shape index (κ1) is 20.1. The number of halogens is 1. The highest BCUT2D eigenvalue weighted by Gasteiger charge is 2.10. The number of hydrogen-bond acceptors (Lipinski definition) is 7. The van der Waals surface area contributed by atoms with Gasteiger partial charge in [-0.2, -0.15) is 4.98 Å². The van der Waals surface area contributed by atoms with E-state index >= 15 is 0 Å². The summed E-state index contributed by atoms with van der Waals surface area (Å²) in [6.07, 6.45) is 0. The Hall–Kier alpha value is -3.19. The zero-order chi connectivity index (χ0) is 18.5. The number of anilines is 5. The van der Waals surface area contributed by atoms with Crippen molar-refractivity contribution in [2.24, 2.45) is 0 Å². The van der Waals surface area contributed by atoms with Crippen molar-refractivity contribution < 1.29 is 21.9 Å². The summed E-state index contributed by atoms with van der Waals surface area (Å²) in [5, 5.41) is 6.39. The van der Waals surface area contributed by atoms with Crippen LogP contribution in [-0.4, -0.2) is 24.2 Å². The number of nitrogens with one attached hydrogen (secondary N) is 2. The van der Waals surface area contributed by atoms with E-state index in [1.165, 1.54) is 0 Å². The molecule has 142 valence electrons. The number of nitrogens with zero attached hydrogens (tertiary/aromatic N) is 2. The minimum atomic E-state index is 0. The van der Waals surface area contributed by atoms with Gasteiger partial charge >= 0.3 is 0 Å². The maximum absolute atomic E-state index is 6.13. The number of aryl methyl sites for hydroxylation is 1. The monoisotopic (exact) mass is 386 g/mol. The number of nitrogens with two attached hydrogens (primary N) is 1. The van der Waals surface area contributed by atoms with Gasteiger partial charge in [0, 0.05) is 11.4 Å². The van der Waals surface area contributed by atoms with Crippen LogP contribution in [0.5, 0.6) is 11.5 Å². The molecule has 27 heavy (non-hydrogen) atoms. The van der Waals surface area contributed by atoms with Gasteiger partial charge in [0.25, 0.3) is 0 Å². The van der Waals surface area contributed by atoms with E-state index in [9.17, 15) is 0 Å². The van der Waals surface area contributed by atoms with E-state index in [2.05, 4.69) is 20.6 Å². The topological polar surface area (TPSA) is 94.3 Å². The molecule has 0 aliphatic heterocycles. The Labute approximate surface area is 164 Å². The van der Waals surface area contributed by atoms with Crippen LogP contribution in [0.3, 0.4) is 0 Å². The molecule has 1 aromatic heterocycles. The molecule has 0 fully saturated rings. The molecule has 8 heteroatoms. The molecule has 7 nitrogen and oxygen atoms in total. The highest BCUT2D eigenvalue weighted by atomic mass is 35.5. The number of methoxy groups -OCH3 is 2. The molecule has 0 bridgehead atoms. The van der Waals surface area contributed by atoms with Crippen molar-refractivity contribution in [1.82, 2.24) is 9.97 Å². The first-order chi connectivity index (χ1) is 12.6. The van der Waals surface area contributed by atoms with Crippen LogP contribution in [0.2, 0.25) is 0 Å². The van der Waals surface area contributed by atoms with E-state index < -0.39 is 0 Å². The van der Waals surface area contributed by atoms with Crippen molar-refractivity contribution in [3.05, 3.63) is 54.2 Å². The lowest BCUT2D eigenvalue weighted by Gasteiger charge is -2.13. The molecule has 0 saturated carbocycles. The largest absolute Gasteiger partial charge is 1.00 e. The van der Waals surface area contributed by atoms with Crippen molar-refractivity contribution in [2.75, 3.05) is 30.6 Å².